The molecule has 0 aromatic heterocycles. The van der Waals surface area contributed by atoms with Gasteiger partial charge >= 0.3 is 0 Å². The summed E-state index contributed by atoms with van der Waals surface area (Å²) in [6.45, 7) is 7.56. The number of nitrogens with zero attached hydrogens (tertiary/aromatic N) is 1. The Morgan fingerprint density at radius 1 is 1.35 bits per heavy atom. The van der Waals surface area contributed by atoms with Crippen LogP contribution in [0.5, 0.6) is 0 Å². The minimum absolute atomic E-state index is 0.0554. The maximum Gasteiger partial charge on any atom is 0.243 e. The summed E-state index contributed by atoms with van der Waals surface area (Å²) in [6, 6.07) is 6.90. The standard InChI is InChI=1S/C19H29ClN2O3S/c1-18(2)8-15-9-19(3,12-18)13-22(15)26(24,25)17-6-4-5-14(7-17)21-11-16(23)10-20/h4-7,15-16,21,23H,8-13H2,1-3H3. The number of anilines is 1. The van der Waals surface area contributed by atoms with Gasteiger partial charge in [0.1, 0.15) is 0 Å². The van der Waals surface area contributed by atoms with Crippen molar-refractivity contribution < 1.29 is 13.5 Å². The maximum absolute atomic E-state index is 13.3. The molecule has 2 N–H and O–H groups in total. The maximum atomic E-state index is 13.3. The average Bonchev–Trinajstić information content (AvgIpc) is 2.82. The lowest BCUT2D eigenvalue weighted by molar-refractivity contribution is 0.133. The normalized spacial score (nSPS) is 29.5. The second kappa shape index (κ2) is 6.97. The number of sulfonamides is 1. The number of benzene rings is 1. The molecule has 1 aliphatic carbocycles. The van der Waals surface area contributed by atoms with Crippen LogP contribution < -0.4 is 5.32 Å². The van der Waals surface area contributed by atoms with E-state index in [-0.39, 0.29) is 29.3 Å². The number of aliphatic hydroxyl groups excluding tert-OH is 1. The molecule has 2 fully saturated rings. The zero-order valence-electron chi connectivity index (χ0n) is 15.7. The van der Waals surface area contributed by atoms with E-state index in [0.717, 1.165) is 19.3 Å². The van der Waals surface area contributed by atoms with Crippen LogP contribution in [0.15, 0.2) is 29.2 Å². The SMILES string of the molecule is CC1(C)CC2CC(C)(CN2S(=O)(=O)c2cccc(NCC(O)CCl)c2)C1. The molecule has 3 atom stereocenters. The van der Waals surface area contributed by atoms with Gasteiger partial charge in [-0.05, 0) is 48.3 Å². The van der Waals surface area contributed by atoms with E-state index in [4.69, 9.17) is 11.6 Å². The molecule has 1 aromatic rings. The first-order valence-electron chi connectivity index (χ1n) is 9.15. The van der Waals surface area contributed by atoms with Gasteiger partial charge in [-0.25, -0.2) is 8.42 Å². The van der Waals surface area contributed by atoms with Crippen LogP contribution in [0.4, 0.5) is 5.69 Å². The predicted octanol–water partition coefficient (Wildman–Crippen LogP) is 3.29. The van der Waals surface area contributed by atoms with Crippen molar-refractivity contribution in [2.45, 2.75) is 57.1 Å². The fourth-order valence-electron chi connectivity index (χ4n) is 4.88. The first-order chi connectivity index (χ1) is 12.0. The van der Waals surface area contributed by atoms with E-state index in [2.05, 4.69) is 26.1 Å². The zero-order chi connectivity index (χ0) is 19.2. The molecule has 2 bridgehead atoms. The summed E-state index contributed by atoms with van der Waals surface area (Å²) in [5, 5.41) is 12.6. The number of aliphatic hydroxyl groups is 1. The van der Waals surface area contributed by atoms with Crippen LogP contribution in [0.2, 0.25) is 0 Å². The topological polar surface area (TPSA) is 69.6 Å². The van der Waals surface area contributed by atoms with Gasteiger partial charge in [-0.2, -0.15) is 4.31 Å². The molecule has 1 saturated carbocycles. The van der Waals surface area contributed by atoms with Crippen molar-refractivity contribution in [1.82, 2.24) is 4.31 Å². The van der Waals surface area contributed by atoms with Crippen LogP contribution in [0, 0.1) is 10.8 Å². The summed E-state index contributed by atoms with van der Waals surface area (Å²) in [5.41, 5.74) is 0.895. The molecule has 1 saturated heterocycles. The van der Waals surface area contributed by atoms with E-state index in [0.29, 0.717) is 17.1 Å². The monoisotopic (exact) mass is 400 g/mol. The summed E-state index contributed by atoms with van der Waals surface area (Å²) in [5.74, 6) is 0.134. The highest BCUT2D eigenvalue weighted by molar-refractivity contribution is 7.89. The van der Waals surface area contributed by atoms with Gasteiger partial charge in [0, 0.05) is 24.8 Å². The van der Waals surface area contributed by atoms with Gasteiger partial charge in [0.25, 0.3) is 0 Å². The number of halogens is 1. The quantitative estimate of drug-likeness (QED) is 0.719. The Morgan fingerprint density at radius 3 is 2.77 bits per heavy atom. The van der Waals surface area contributed by atoms with E-state index < -0.39 is 16.1 Å². The minimum Gasteiger partial charge on any atom is -0.390 e. The highest BCUT2D eigenvalue weighted by atomic mass is 35.5. The second-order valence-corrected chi connectivity index (χ2v) is 11.2. The van der Waals surface area contributed by atoms with Gasteiger partial charge < -0.3 is 10.4 Å². The van der Waals surface area contributed by atoms with Gasteiger partial charge in [-0.1, -0.05) is 26.8 Å². The van der Waals surface area contributed by atoms with Crippen LogP contribution >= 0.6 is 11.6 Å². The van der Waals surface area contributed by atoms with Gasteiger partial charge in [0.2, 0.25) is 10.0 Å². The molecular formula is C19H29ClN2O3S. The molecule has 1 heterocycles. The van der Waals surface area contributed by atoms with E-state index in [1.807, 2.05) is 0 Å². The molecule has 1 aromatic carbocycles. The Balaban J connectivity index is 1.83. The average molecular weight is 401 g/mol. The number of rotatable bonds is 6. The zero-order valence-corrected chi connectivity index (χ0v) is 17.3. The predicted molar refractivity (Wildman–Crippen MR) is 105 cm³/mol. The molecule has 3 rings (SSSR count). The Morgan fingerprint density at radius 2 is 2.08 bits per heavy atom. The summed E-state index contributed by atoms with van der Waals surface area (Å²) >= 11 is 5.60. The molecule has 26 heavy (non-hydrogen) atoms. The van der Waals surface area contributed by atoms with Crippen LogP contribution in [-0.2, 0) is 10.0 Å². The van der Waals surface area contributed by atoms with E-state index in [1.165, 1.54) is 0 Å². The number of fused-ring (bicyclic) bond motifs is 2. The minimum atomic E-state index is -3.54. The van der Waals surface area contributed by atoms with E-state index in [9.17, 15) is 13.5 Å². The third kappa shape index (κ3) is 4.03. The van der Waals surface area contributed by atoms with Gasteiger partial charge in [0.05, 0.1) is 16.9 Å². The van der Waals surface area contributed by atoms with Crippen molar-refractivity contribution >= 4 is 27.3 Å². The van der Waals surface area contributed by atoms with Crippen molar-refractivity contribution in [3.05, 3.63) is 24.3 Å². The van der Waals surface area contributed by atoms with Crippen molar-refractivity contribution in [3.8, 4) is 0 Å². The van der Waals surface area contributed by atoms with Crippen molar-refractivity contribution in [3.63, 3.8) is 0 Å². The van der Waals surface area contributed by atoms with Crippen molar-refractivity contribution in [2.75, 3.05) is 24.3 Å². The Bertz CT molecular complexity index is 768. The fraction of sp³-hybridized carbons (Fsp3) is 0.684. The molecule has 0 radical (unpaired) electrons. The molecule has 2 aliphatic rings. The van der Waals surface area contributed by atoms with Gasteiger partial charge in [0.15, 0.2) is 0 Å². The first kappa shape index (κ1) is 19.9. The number of hydrogen-bond donors (Lipinski definition) is 2. The third-order valence-electron chi connectivity index (χ3n) is 5.53. The molecule has 146 valence electrons. The van der Waals surface area contributed by atoms with Crippen LogP contribution in [0.1, 0.15) is 40.0 Å². The third-order valence-corrected chi connectivity index (χ3v) is 7.78. The lowest BCUT2D eigenvalue weighted by Crippen LogP contribution is -2.37. The Kier molecular flexibility index (Phi) is 5.34. The summed E-state index contributed by atoms with van der Waals surface area (Å²) in [6.07, 6.45) is 2.23. The van der Waals surface area contributed by atoms with E-state index >= 15 is 0 Å². The first-order valence-corrected chi connectivity index (χ1v) is 11.1. The summed E-state index contributed by atoms with van der Waals surface area (Å²) in [7, 11) is -3.54. The number of nitrogens with one attached hydrogen (secondary N) is 1. The molecule has 3 unspecified atom stereocenters. The smallest absolute Gasteiger partial charge is 0.243 e. The van der Waals surface area contributed by atoms with Crippen LogP contribution in [-0.4, -0.2) is 48.9 Å². The second-order valence-electron chi connectivity index (χ2n) is 8.98. The highest BCUT2D eigenvalue weighted by Gasteiger charge is 2.53. The van der Waals surface area contributed by atoms with Crippen LogP contribution in [0.25, 0.3) is 0 Å². The lowest BCUT2D eigenvalue weighted by atomic mass is 9.65. The summed E-state index contributed by atoms with van der Waals surface area (Å²) < 4.78 is 28.3. The van der Waals surface area contributed by atoms with E-state index in [1.54, 1.807) is 28.6 Å². The molecule has 5 nitrogen and oxygen atoms in total. The Labute approximate surface area is 161 Å². The number of alkyl halides is 1. The van der Waals surface area contributed by atoms with Crippen molar-refractivity contribution in [2.24, 2.45) is 10.8 Å². The molecule has 7 heteroatoms. The summed E-state index contributed by atoms with van der Waals surface area (Å²) in [4.78, 5) is 0.303. The van der Waals surface area contributed by atoms with Gasteiger partial charge in [-0.3, -0.25) is 0 Å². The lowest BCUT2D eigenvalue weighted by Gasteiger charge is -2.39. The largest absolute Gasteiger partial charge is 0.390 e. The van der Waals surface area contributed by atoms with Crippen molar-refractivity contribution in [1.29, 1.82) is 0 Å². The Hall–Kier alpha value is -0.820. The molecule has 1 aliphatic heterocycles. The fourth-order valence-corrected chi connectivity index (χ4v) is 6.81. The molecule has 0 spiro atoms. The number of hydrogen-bond acceptors (Lipinski definition) is 4. The molecule has 0 amide bonds. The molecular weight excluding hydrogens is 372 g/mol. The van der Waals surface area contributed by atoms with Crippen LogP contribution in [0.3, 0.4) is 0 Å². The van der Waals surface area contributed by atoms with Gasteiger partial charge in [-0.15, -0.1) is 11.6 Å². The highest BCUT2D eigenvalue weighted by Crippen LogP contribution is 2.53.